The first kappa shape index (κ1) is 20.1. The zero-order valence-electron chi connectivity index (χ0n) is 17.0. The Morgan fingerprint density at radius 2 is 1.48 bits per heavy atom. The van der Waals surface area contributed by atoms with Crippen molar-refractivity contribution in [2.45, 2.75) is 79.6 Å². The van der Waals surface area contributed by atoms with Crippen LogP contribution in [0.4, 0.5) is 0 Å². The Morgan fingerprint density at radius 3 is 1.92 bits per heavy atom. The maximum Gasteiger partial charge on any atom is 0.123 e. The molecule has 1 radical (unpaired) electrons. The van der Waals surface area contributed by atoms with Gasteiger partial charge in [-0.3, -0.25) is 4.90 Å². The van der Waals surface area contributed by atoms with Gasteiger partial charge in [0.15, 0.2) is 0 Å². The van der Waals surface area contributed by atoms with Crippen LogP contribution in [0.5, 0.6) is 11.5 Å². The number of benzene rings is 1. The first-order chi connectivity index (χ1) is 11.8. The molecule has 0 saturated carbocycles. The SMILES string of the molecule is C[C](C)CC1CCN(Cc2cc(OC(C)C)cc(OC(C)C)c2)CC1. The van der Waals surface area contributed by atoms with Crippen molar-refractivity contribution < 1.29 is 9.47 Å². The van der Waals surface area contributed by atoms with E-state index in [-0.39, 0.29) is 12.2 Å². The summed E-state index contributed by atoms with van der Waals surface area (Å²) in [5.41, 5.74) is 1.28. The first-order valence-electron chi connectivity index (χ1n) is 9.80. The Hall–Kier alpha value is -1.22. The van der Waals surface area contributed by atoms with Crippen LogP contribution in [-0.4, -0.2) is 30.2 Å². The van der Waals surface area contributed by atoms with Gasteiger partial charge in [0.05, 0.1) is 12.2 Å². The van der Waals surface area contributed by atoms with Crippen LogP contribution in [0.2, 0.25) is 0 Å². The molecule has 3 nitrogen and oxygen atoms in total. The summed E-state index contributed by atoms with van der Waals surface area (Å²) >= 11 is 0. The molecule has 1 fully saturated rings. The van der Waals surface area contributed by atoms with Crippen molar-refractivity contribution in [1.82, 2.24) is 4.90 Å². The van der Waals surface area contributed by atoms with E-state index in [0.29, 0.717) is 0 Å². The van der Waals surface area contributed by atoms with Crippen LogP contribution in [-0.2, 0) is 6.54 Å². The molecule has 1 heterocycles. The summed E-state index contributed by atoms with van der Waals surface area (Å²) in [5.74, 6) is 4.26. The maximum atomic E-state index is 5.93. The molecule has 0 bridgehead atoms. The second-order valence-electron chi connectivity index (χ2n) is 8.28. The number of rotatable bonds is 8. The molecule has 1 aromatic carbocycles. The van der Waals surface area contributed by atoms with Crippen molar-refractivity contribution >= 4 is 0 Å². The fraction of sp³-hybridized carbons (Fsp3) is 0.682. The molecule has 0 aromatic heterocycles. The van der Waals surface area contributed by atoms with Gasteiger partial charge in [-0.2, -0.15) is 0 Å². The van der Waals surface area contributed by atoms with Crippen molar-refractivity contribution in [3.05, 3.63) is 29.7 Å². The van der Waals surface area contributed by atoms with Crippen LogP contribution in [0.15, 0.2) is 18.2 Å². The second-order valence-corrected chi connectivity index (χ2v) is 8.28. The van der Waals surface area contributed by atoms with Gasteiger partial charge in [-0.15, -0.1) is 0 Å². The second kappa shape index (κ2) is 9.47. The van der Waals surface area contributed by atoms with Gasteiger partial charge in [0, 0.05) is 12.6 Å². The number of ether oxygens (including phenoxy) is 2. The molecule has 1 saturated heterocycles. The van der Waals surface area contributed by atoms with E-state index in [4.69, 9.17) is 9.47 Å². The van der Waals surface area contributed by atoms with Gasteiger partial charge in [0.1, 0.15) is 11.5 Å². The fourth-order valence-electron chi connectivity index (χ4n) is 3.59. The predicted molar refractivity (Wildman–Crippen MR) is 105 cm³/mol. The Kier molecular flexibility index (Phi) is 7.61. The lowest BCUT2D eigenvalue weighted by atomic mass is 9.88. The van der Waals surface area contributed by atoms with E-state index < -0.39 is 0 Å². The van der Waals surface area contributed by atoms with Crippen molar-refractivity contribution in [2.75, 3.05) is 13.1 Å². The van der Waals surface area contributed by atoms with E-state index in [1.807, 2.05) is 6.07 Å². The highest BCUT2D eigenvalue weighted by atomic mass is 16.5. The third-order valence-corrected chi connectivity index (χ3v) is 4.49. The summed E-state index contributed by atoms with van der Waals surface area (Å²) in [6.07, 6.45) is 4.25. The van der Waals surface area contributed by atoms with Crippen LogP contribution in [0.1, 0.15) is 66.4 Å². The van der Waals surface area contributed by atoms with Crippen molar-refractivity contribution in [2.24, 2.45) is 5.92 Å². The molecule has 2 rings (SSSR count). The Bertz CT molecular complexity index is 489. The molecule has 3 heteroatoms. The molecule has 141 valence electrons. The normalized spacial score (nSPS) is 16.8. The highest BCUT2D eigenvalue weighted by Crippen LogP contribution is 2.28. The molecule has 1 aliphatic rings. The van der Waals surface area contributed by atoms with E-state index in [1.54, 1.807) is 5.92 Å². The van der Waals surface area contributed by atoms with Gasteiger partial charge in [-0.05, 0) is 89.6 Å². The third-order valence-electron chi connectivity index (χ3n) is 4.49. The number of hydrogen-bond donors (Lipinski definition) is 0. The Balaban J connectivity index is 2.00. The molecule has 0 aliphatic carbocycles. The minimum Gasteiger partial charge on any atom is -0.491 e. The average Bonchev–Trinajstić information content (AvgIpc) is 2.47. The van der Waals surface area contributed by atoms with Crippen LogP contribution in [0.3, 0.4) is 0 Å². The van der Waals surface area contributed by atoms with Gasteiger partial charge in [-0.25, -0.2) is 0 Å². The van der Waals surface area contributed by atoms with E-state index in [9.17, 15) is 0 Å². The first-order valence-corrected chi connectivity index (χ1v) is 9.80. The molecular weight excluding hydrogens is 310 g/mol. The summed E-state index contributed by atoms with van der Waals surface area (Å²) in [6.45, 7) is 16.1. The molecule has 0 amide bonds. The highest BCUT2D eigenvalue weighted by Gasteiger charge is 2.20. The largest absolute Gasteiger partial charge is 0.491 e. The van der Waals surface area contributed by atoms with Crippen LogP contribution in [0.25, 0.3) is 0 Å². The summed E-state index contributed by atoms with van der Waals surface area (Å²) in [6, 6.07) is 6.35. The van der Waals surface area contributed by atoms with E-state index in [2.05, 4.69) is 58.6 Å². The van der Waals surface area contributed by atoms with Crippen molar-refractivity contribution in [3.63, 3.8) is 0 Å². The number of likely N-dealkylation sites (tertiary alicyclic amines) is 1. The number of nitrogens with zero attached hydrogens (tertiary/aromatic N) is 1. The highest BCUT2D eigenvalue weighted by molar-refractivity contribution is 5.38. The van der Waals surface area contributed by atoms with E-state index >= 15 is 0 Å². The summed E-state index contributed by atoms with van der Waals surface area (Å²) in [4.78, 5) is 2.56. The lowest BCUT2D eigenvalue weighted by Gasteiger charge is -2.32. The molecule has 1 aliphatic heterocycles. The van der Waals surface area contributed by atoms with Gasteiger partial charge in [-0.1, -0.05) is 13.8 Å². The number of hydrogen-bond acceptors (Lipinski definition) is 3. The molecule has 0 unspecified atom stereocenters. The predicted octanol–water partition coefficient (Wildman–Crippen LogP) is 5.48. The van der Waals surface area contributed by atoms with Gasteiger partial charge in [0.25, 0.3) is 0 Å². The zero-order chi connectivity index (χ0) is 18.4. The molecular formula is C22H36NO2. The molecule has 25 heavy (non-hydrogen) atoms. The Labute approximate surface area is 154 Å². The van der Waals surface area contributed by atoms with Crippen molar-refractivity contribution in [3.8, 4) is 11.5 Å². The van der Waals surface area contributed by atoms with Crippen molar-refractivity contribution in [1.29, 1.82) is 0 Å². The van der Waals surface area contributed by atoms with E-state index in [1.165, 1.54) is 37.9 Å². The molecule has 0 spiro atoms. The summed E-state index contributed by atoms with van der Waals surface area (Å²) in [5, 5.41) is 0. The summed E-state index contributed by atoms with van der Waals surface area (Å²) in [7, 11) is 0. The summed E-state index contributed by atoms with van der Waals surface area (Å²) < 4.78 is 11.9. The topological polar surface area (TPSA) is 21.7 Å². The van der Waals surface area contributed by atoms with Crippen LogP contribution >= 0.6 is 0 Å². The molecule has 1 aromatic rings. The van der Waals surface area contributed by atoms with Gasteiger partial charge >= 0.3 is 0 Å². The molecule has 0 N–H and O–H groups in total. The van der Waals surface area contributed by atoms with Crippen LogP contribution in [0, 0.1) is 11.8 Å². The number of piperidine rings is 1. The monoisotopic (exact) mass is 346 g/mol. The lowest BCUT2D eigenvalue weighted by molar-refractivity contribution is 0.173. The third kappa shape index (κ3) is 7.27. The minimum atomic E-state index is 0.173. The molecule has 0 atom stereocenters. The zero-order valence-corrected chi connectivity index (χ0v) is 17.0. The van der Waals surface area contributed by atoms with Gasteiger partial charge < -0.3 is 9.47 Å². The minimum absolute atomic E-state index is 0.173. The standard InChI is InChI=1S/C22H36NO2/c1-16(2)11-19-7-9-23(10-8-19)15-20-12-21(24-17(3)4)14-22(13-20)25-18(5)6/h12-14,17-19H,7-11,15H2,1-6H3. The van der Waals surface area contributed by atoms with E-state index in [0.717, 1.165) is 24.0 Å². The lowest BCUT2D eigenvalue weighted by Crippen LogP contribution is -2.33. The fourth-order valence-corrected chi connectivity index (χ4v) is 3.59. The average molecular weight is 347 g/mol. The quantitative estimate of drug-likeness (QED) is 0.622. The van der Waals surface area contributed by atoms with Gasteiger partial charge in [0.2, 0.25) is 0 Å². The van der Waals surface area contributed by atoms with Crippen LogP contribution < -0.4 is 9.47 Å². The maximum absolute atomic E-state index is 5.93. The smallest absolute Gasteiger partial charge is 0.123 e. The Morgan fingerprint density at radius 1 is 0.960 bits per heavy atom.